The van der Waals surface area contributed by atoms with E-state index in [1.165, 1.54) is 24.8 Å². The van der Waals surface area contributed by atoms with Gasteiger partial charge >= 0.3 is 0 Å². The first-order valence-electron chi connectivity index (χ1n) is 4.96. The Morgan fingerprint density at radius 3 is 2.69 bits per heavy atom. The molecule has 13 heavy (non-hydrogen) atoms. The number of benzene rings is 1. The van der Waals surface area contributed by atoms with Crippen LogP contribution in [0.15, 0.2) is 24.3 Å². The van der Waals surface area contributed by atoms with Gasteiger partial charge in [-0.1, -0.05) is 44.0 Å². The minimum absolute atomic E-state index is 0.735. The summed E-state index contributed by atoms with van der Waals surface area (Å²) < 4.78 is 5.51. The molecule has 1 aromatic rings. The van der Waals surface area contributed by atoms with Gasteiger partial charge in [-0.15, -0.1) is 0 Å². The number of rotatable bonds is 6. The summed E-state index contributed by atoms with van der Waals surface area (Å²) in [6.07, 6.45) is 3.70. The van der Waals surface area contributed by atoms with Crippen LogP contribution in [0.2, 0.25) is 0 Å². The van der Waals surface area contributed by atoms with Gasteiger partial charge in [0.25, 0.3) is 0 Å². The van der Waals surface area contributed by atoms with E-state index in [0.717, 1.165) is 13.2 Å². The minimum atomic E-state index is 0.735. The lowest BCUT2D eigenvalue weighted by molar-refractivity contribution is 0.117. The maximum Gasteiger partial charge on any atom is 0.0716 e. The number of ether oxygens (including phenoxy) is 1. The highest BCUT2D eigenvalue weighted by molar-refractivity contribution is 5.12. The molecule has 71 valence electrons. The average molecular weight is 177 g/mol. The van der Waals surface area contributed by atoms with Crippen LogP contribution in [-0.4, -0.2) is 6.61 Å². The van der Waals surface area contributed by atoms with Crippen molar-refractivity contribution in [2.45, 2.75) is 32.8 Å². The van der Waals surface area contributed by atoms with Gasteiger partial charge in [-0.3, -0.25) is 0 Å². The van der Waals surface area contributed by atoms with Gasteiger partial charge in [-0.25, -0.2) is 0 Å². The molecular formula is C12H17O. The first-order chi connectivity index (χ1) is 6.43. The Kier molecular flexibility index (Phi) is 5.27. The maximum absolute atomic E-state index is 5.51. The van der Waals surface area contributed by atoms with E-state index in [1.54, 1.807) is 0 Å². The fourth-order valence-electron chi connectivity index (χ4n) is 1.16. The molecule has 0 heterocycles. The Bertz CT molecular complexity index is 206. The third-order valence-electron chi connectivity index (χ3n) is 1.95. The Balaban J connectivity index is 2.07. The molecule has 1 aromatic carbocycles. The van der Waals surface area contributed by atoms with Gasteiger partial charge in [0, 0.05) is 6.61 Å². The van der Waals surface area contributed by atoms with Gasteiger partial charge in [0.2, 0.25) is 0 Å². The second kappa shape index (κ2) is 6.67. The molecule has 1 nitrogen and oxygen atoms in total. The van der Waals surface area contributed by atoms with Crippen LogP contribution in [0.25, 0.3) is 0 Å². The summed E-state index contributed by atoms with van der Waals surface area (Å²) in [6, 6.07) is 10.9. The third-order valence-corrected chi connectivity index (χ3v) is 1.95. The molecule has 0 atom stereocenters. The highest BCUT2D eigenvalue weighted by Gasteiger charge is 1.91. The van der Waals surface area contributed by atoms with Gasteiger partial charge in [-0.05, 0) is 18.1 Å². The second-order valence-electron chi connectivity index (χ2n) is 3.17. The van der Waals surface area contributed by atoms with E-state index < -0.39 is 0 Å². The van der Waals surface area contributed by atoms with E-state index >= 15 is 0 Å². The molecule has 0 saturated heterocycles. The largest absolute Gasteiger partial charge is 0.377 e. The van der Waals surface area contributed by atoms with E-state index in [-0.39, 0.29) is 0 Å². The summed E-state index contributed by atoms with van der Waals surface area (Å²) in [5.74, 6) is 0. The predicted molar refractivity (Wildman–Crippen MR) is 54.5 cm³/mol. The molecule has 0 spiro atoms. The lowest BCUT2D eigenvalue weighted by atomic mass is 10.2. The molecule has 1 heteroatoms. The molecule has 0 saturated carbocycles. The summed E-state index contributed by atoms with van der Waals surface area (Å²) in [7, 11) is 0. The van der Waals surface area contributed by atoms with E-state index in [2.05, 4.69) is 13.0 Å². The first kappa shape index (κ1) is 10.3. The molecule has 1 radical (unpaired) electrons. The van der Waals surface area contributed by atoms with Gasteiger partial charge in [0.05, 0.1) is 6.61 Å². The Morgan fingerprint density at radius 2 is 2.00 bits per heavy atom. The zero-order valence-corrected chi connectivity index (χ0v) is 8.25. The van der Waals surface area contributed by atoms with Crippen molar-refractivity contribution >= 4 is 0 Å². The SMILES string of the molecule is CCCCCOCc1cc[c]cc1. The fraction of sp³-hybridized carbons (Fsp3) is 0.500. The molecule has 0 aliphatic rings. The Labute approximate surface area is 80.7 Å². The zero-order valence-electron chi connectivity index (χ0n) is 8.25. The van der Waals surface area contributed by atoms with Gasteiger partial charge in [0.1, 0.15) is 0 Å². The smallest absolute Gasteiger partial charge is 0.0716 e. The fourth-order valence-corrected chi connectivity index (χ4v) is 1.16. The van der Waals surface area contributed by atoms with Crippen LogP contribution < -0.4 is 0 Å². The van der Waals surface area contributed by atoms with Crippen LogP contribution in [0.3, 0.4) is 0 Å². The van der Waals surface area contributed by atoms with Crippen molar-refractivity contribution in [3.63, 3.8) is 0 Å². The molecule has 0 fully saturated rings. The highest BCUT2D eigenvalue weighted by Crippen LogP contribution is 2.01. The molecule has 0 amide bonds. The summed E-state index contributed by atoms with van der Waals surface area (Å²) in [4.78, 5) is 0. The molecule has 1 rings (SSSR count). The van der Waals surface area contributed by atoms with Crippen molar-refractivity contribution in [1.29, 1.82) is 0 Å². The summed E-state index contributed by atoms with van der Waals surface area (Å²) >= 11 is 0. The normalized spacial score (nSPS) is 10.2. The number of hydrogen-bond donors (Lipinski definition) is 0. The monoisotopic (exact) mass is 177 g/mol. The van der Waals surface area contributed by atoms with Crippen molar-refractivity contribution in [2.75, 3.05) is 6.61 Å². The first-order valence-corrected chi connectivity index (χ1v) is 4.96. The third kappa shape index (κ3) is 4.69. The zero-order chi connectivity index (χ0) is 9.36. The van der Waals surface area contributed by atoms with Crippen LogP contribution in [0, 0.1) is 6.07 Å². The van der Waals surface area contributed by atoms with Crippen molar-refractivity contribution in [3.05, 3.63) is 35.9 Å². The number of unbranched alkanes of at least 4 members (excludes halogenated alkanes) is 2. The molecule has 0 aromatic heterocycles. The topological polar surface area (TPSA) is 9.23 Å². The quantitative estimate of drug-likeness (QED) is 0.606. The van der Waals surface area contributed by atoms with Crippen molar-refractivity contribution < 1.29 is 4.74 Å². The Hall–Kier alpha value is -0.820. The summed E-state index contributed by atoms with van der Waals surface area (Å²) in [5, 5.41) is 0. The second-order valence-corrected chi connectivity index (χ2v) is 3.17. The van der Waals surface area contributed by atoms with Crippen LogP contribution in [0.5, 0.6) is 0 Å². The maximum atomic E-state index is 5.51. The lowest BCUT2D eigenvalue weighted by Crippen LogP contribution is -1.94. The number of hydrogen-bond acceptors (Lipinski definition) is 1. The van der Waals surface area contributed by atoms with E-state index in [4.69, 9.17) is 4.74 Å². The molecule has 0 bridgehead atoms. The van der Waals surface area contributed by atoms with Gasteiger partial charge in [-0.2, -0.15) is 0 Å². The molecule has 0 aliphatic carbocycles. The van der Waals surface area contributed by atoms with Crippen molar-refractivity contribution in [3.8, 4) is 0 Å². The van der Waals surface area contributed by atoms with Gasteiger partial charge < -0.3 is 4.74 Å². The van der Waals surface area contributed by atoms with Gasteiger partial charge in [0.15, 0.2) is 0 Å². The molecule has 0 unspecified atom stereocenters. The van der Waals surface area contributed by atoms with Crippen LogP contribution in [0.1, 0.15) is 31.7 Å². The Morgan fingerprint density at radius 1 is 1.23 bits per heavy atom. The minimum Gasteiger partial charge on any atom is -0.377 e. The van der Waals surface area contributed by atoms with Crippen LogP contribution >= 0.6 is 0 Å². The van der Waals surface area contributed by atoms with E-state index in [9.17, 15) is 0 Å². The van der Waals surface area contributed by atoms with Crippen molar-refractivity contribution in [2.24, 2.45) is 0 Å². The molecule has 0 aliphatic heterocycles. The summed E-state index contributed by atoms with van der Waals surface area (Å²) in [6.45, 7) is 3.82. The molecule has 0 N–H and O–H groups in total. The molecular weight excluding hydrogens is 160 g/mol. The van der Waals surface area contributed by atoms with Crippen LogP contribution in [0.4, 0.5) is 0 Å². The summed E-state index contributed by atoms with van der Waals surface area (Å²) in [5.41, 5.74) is 1.23. The van der Waals surface area contributed by atoms with Crippen molar-refractivity contribution in [1.82, 2.24) is 0 Å². The lowest BCUT2D eigenvalue weighted by Gasteiger charge is -2.02. The average Bonchev–Trinajstić information content (AvgIpc) is 2.19. The highest BCUT2D eigenvalue weighted by atomic mass is 16.5. The standard InChI is InChI=1S/C12H17O/c1-2-3-7-10-13-11-12-8-5-4-6-9-12/h5-6,8-9H,2-3,7,10-11H2,1H3. The van der Waals surface area contributed by atoms with E-state index in [0.29, 0.717) is 0 Å². The van der Waals surface area contributed by atoms with E-state index in [1.807, 2.05) is 24.3 Å². The predicted octanol–water partition coefficient (Wildman–Crippen LogP) is 3.19. The van der Waals surface area contributed by atoms with Crippen LogP contribution in [-0.2, 0) is 11.3 Å².